The van der Waals surface area contributed by atoms with Crippen LogP contribution in [0.3, 0.4) is 0 Å². The minimum atomic E-state index is -0.678. The summed E-state index contributed by atoms with van der Waals surface area (Å²) in [6.45, 7) is 8.33. The number of amides is 5. The monoisotopic (exact) mass is 496 g/mol. The molecule has 0 radical (unpaired) electrons. The van der Waals surface area contributed by atoms with Crippen molar-refractivity contribution in [2.45, 2.75) is 64.6 Å². The smallest absolute Gasteiger partial charge is 0.410 e. The van der Waals surface area contributed by atoms with Crippen LogP contribution >= 0.6 is 0 Å². The Hall–Kier alpha value is -3.43. The Morgan fingerprint density at radius 3 is 2.39 bits per heavy atom. The van der Waals surface area contributed by atoms with Gasteiger partial charge in [0, 0.05) is 55.7 Å². The van der Waals surface area contributed by atoms with Gasteiger partial charge in [0.15, 0.2) is 0 Å². The average molecular weight is 497 g/mol. The van der Waals surface area contributed by atoms with Gasteiger partial charge in [0.2, 0.25) is 11.8 Å². The van der Waals surface area contributed by atoms with E-state index in [1.54, 1.807) is 23.1 Å². The Bertz CT molecular complexity index is 1140. The van der Waals surface area contributed by atoms with Crippen LogP contribution in [0.4, 0.5) is 4.79 Å². The van der Waals surface area contributed by atoms with Crippen molar-refractivity contribution in [3.05, 3.63) is 34.9 Å². The Kier molecular flexibility index (Phi) is 5.80. The van der Waals surface area contributed by atoms with Gasteiger partial charge in [0.1, 0.15) is 11.6 Å². The molecule has 1 atom stereocenters. The van der Waals surface area contributed by atoms with E-state index in [0.717, 1.165) is 18.4 Å². The van der Waals surface area contributed by atoms with E-state index in [1.165, 1.54) is 4.90 Å². The topological polar surface area (TPSA) is 116 Å². The highest BCUT2D eigenvalue weighted by molar-refractivity contribution is 6.06. The lowest BCUT2D eigenvalue weighted by Gasteiger charge is -2.53. The lowest BCUT2D eigenvalue weighted by Crippen LogP contribution is -2.62. The molecule has 10 heteroatoms. The first-order chi connectivity index (χ1) is 16.9. The van der Waals surface area contributed by atoms with Crippen molar-refractivity contribution in [3.63, 3.8) is 0 Å². The van der Waals surface area contributed by atoms with E-state index in [4.69, 9.17) is 4.74 Å². The molecule has 1 aromatic rings. The molecule has 36 heavy (non-hydrogen) atoms. The molecule has 10 nitrogen and oxygen atoms in total. The van der Waals surface area contributed by atoms with Crippen molar-refractivity contribution in [2.75, 3.05) is 26.2 Å². The molecule has 5 amide bonds. The van der Waals surface area contributed by atoms with Crippen LogP contribution in [-0.4, -0.2) is 82.2 Å². The Morgan fingerprint density at radius 1 is 1.06 bits per heavy atom. The Morgan fingerprint density at radius 2 is 1.75 bits per heavy atom. The summed E-state index contributed by atoms with van der Waals surface area (Å²) in [6.07, 6.45) is 1.87. The van der Waals surface area contributed by atoms with E-state index in [-0.39, 0.29) is 42.2 Å². The standard InChI is InChI=1S/C26H32N4O6/c1-25(2,3)36-24(35)29-14-26(15-29)8-10-28(11-9-26)22(33)16-4-5-18-17(12-16)13-30(23(18)34)19-6-7-20(31)27-21(19)32/h4-5,12,19H,6-11,13-15H2,1-3H3,(H,27,31,32). The maximum absolute atomic E-state index is 13.2. The predicted molar refractivity (Wildman–Crippen MR) is 128 cm³/mol. The van der Waals surface area contributed by atoms with Crippen LogP contribution in [0, 0.1) is 5.41 Å². The van der Waals surface area contributed by atoms with Crippen molar-refractivity contribution in [3.8, 4) is 0 Å². The molecule has 0 aromatic heterocycles. The van der Waals surface area contributed by atoms with E-state index < -0.39 is 17.6 Å². The number of ether oxygens (including phenoxy) is 1. The Labute approximate surface area is 209 Å². The van der Waals surface area contributed by atoms with Crippen LogP contribution < -0.4 is 5.32 Å². The van der Waals surface area contributed by atoms with Crippen molar-refractivity contribution in [2.24, 2.45) is 5.41 Å². The minimum Gasteiger partial charge on any atom is -0.444 e. The normalized spacial score (nSPS) is 23.4. The van der Waals surface area contributed by atoms with Gasteiger partial charge in [-0.2, -0.15) is 0 Å². The summed E-state index contributed by atoms with van der Waals surface area (Å²) in [5.74, 6) is -1.11. The lowest BCUT2D eigenvalue weighted by molar-refractivity contribution is -0.136. The molecule has 4 aliphatic heterocycles. The van der Waals surface area contributed by atoms with Gasteiger partial charge in [-0.1, -0.05) is 0 Å². The quantitative estimate of drug-likeness (QED) is 0.626. The first-order valence-electron chi connectivity index (χ1n) is 12.5. The highest BCUT2D eigenvalue weighted by Crippen LogP contribution is 2.41. The second-order valence-electron chi connectivity index (χ2n) is 11.4. The number of carbonyl (C=O) groups excluding carboxylic acids is 5. The third-order valence-corrected chi connectivity index (χ3v) is 7.59. The molecule has 1 N–H and O–H groups in total. The average Bonchev–Trinajstić information content (AvgIpc) is 3.11. The van der Waals surface area contributed by atoms with Crippen molar-refractivity contribution < 1.29 is 28.7 Å². The van der Waals surface area contributed by atoms with Gasteiger partial charge in [-0.05, 0) is 63.8 Å². The number of nitrogens with zero attached hydrogens (tertiary/aromatic N) is 3. The molecule has 3 saturated heterocycles. The van der Waals surface area contributed by atoms with Crippen LogP contribution in [0.1, 0.15) is 72.7 Å². The number of nitrogens with one attached hydrogen (secondary N) is 1. The molecule has 0 bridgehead atoms. The van der Waals surface area contributed by atoms with Crippen LogP contribution in [-0.2, 0) is 20.9 Å². The first kappa shape index (κ1) is 24.3. The number of piperidine rings is 2. The van der Waals surface area contributed by atoms with E-state index in [1.807, 2.05) is 25.7 Å². The number of hydrogen-bond donors (Lipinski definition) is 1. The number of rotatable bonds is 2. The molecule has 0 aliphatic carbocycles. The van der Waals surface area contributed by atoms with Gasteiger partial charge in [0.05, 0.1) is 0 Å². The van der Waals surface area contributed by atoms with E-state index in [2.05, 4.69) is 5.32 Å². The number of carbonyl (C=O) groups is 5. The van der Waals surface area contributed by atoms with Gasteiger partial charge in [-0.3, -0.25) is 24.5 Å². The number of benzene rings is 1. The summed E-state index contributed by atoms with van der Waals surface area (Å²) < 4.78 is 5.45. The molecule has 3 fully saturated rings. The molecule has 4 aliphatic rings. The predicted octanol–water partition coefficient (Wildman–Crippen LogP) is 1.92. The van der Waals surface area contributed by atoms with Crippen LogP contribution in [0.15, 0.2) is 18.2 Å². The summed E-state index contributed by atoms with van der Waals surface area (Å²) in [5, 5.41) is 2.30. The highest BCUT2D eigenvalue weighted by Gasteiger charge is 2.48. The molecule has 192 valence electrons. The maximum Gasteiger partial charge on any atom is 0.410 e. The second kappa shape index (κ2) is 8.60. The van der Waals surface area contributed by atoms with Crippen molar-refractivity contribution in [1.29, 1.82) is 0 Å². The fourth-order valence-corrected chi connectivity index (χ4v) is 5.61. The molecule has 1 aromatic carbocycles. The SMILES string of the molecule is CC(C)(C)OC(=O)N1CC2(CCN(C(=O)c3ccc4c(c3)CN(C3CCC(=O)NC3=O)C4=O)CC2)C1. The summed E-state index contributed by atoms with van der Waals surface area (Å²) in [4.78, 5) is 67.2. The second-order valence-corrected chi connectivity index (χ2v) is 11.4. The molecular formula is C26H32N4O6. The molecule has 0 saturated carbocycles. The summed E-state index contributed by atoms with van der Waals surface area (Å²) in [5.41, 5.74) is 1.25. The third-order valence-electron chi connectivity index (χ3n) is 7.59. The molecule has 1 spiro atoms. The van der Waals surface area contributed by atoms with E-state index in [0.29, 0.717) is 43.7 Å². The molecular weight excluding hydrogens is 464 g/mol. The Balaban J connectivity index is 1.18. The van der Waals surface area contributed by atoms with Gasteiger partial charge in [-0.25, -0.2) is 4.79 Å². The fraction of sp³-hybridized carbons (Fsp3) is 0.577. The first-order valence-corrected chi connectivity index (χ1v) is 12.5. The summed E-state index contributed by atoms with van der Waals surface area (Å²) >= 11 is 0. The van der Waals surface area contributed by atoms with Crippen LogP contribution in [0.25, 0.3) is 0 Å². The number of fused-ring (bicyclic) bond motifs is 1. The fourth-order valence-electron chi connectivity index (χ4n) is 5.61. The zero-order chi connectivity index (χ0) is 25.8. The van der Waals surface area contributed by atoms with Gasteiger partial charge in [0.25, 0.3) is 11.8 Å². The van der Waals surface area contributed by atoms with Gasteiger partial charge in [-0.15, -0.1) is 0 Å². The highest BCUT2D eigenvalue weighted by atomic mass is 16.6. The third kappa shape index (κ3) is 4.44. The summed E-state index contributed by atoms with van der Waals surface area (Å²) in [6, 6.07) is 4.40. The minimum absolute atomic E-state index is 0.0422. The molecule has 1 unspecified atom stereocenters. The van der Waals surface area contributed by atoms with Crippen LogP contribution in [0.2, 0.25) is 0 Å². The van der Waals surface area contributed by atoms with E-state index >= 15 is 0 Å². The lowest BCUT2D eigenvalue weighted by atomic mass is 9.72. The summed E-state index contributed by atoms with van der Waals surface area (Å²) in [7, 11) is 0. The van der Waals surface area contributed by atoms with Crippen molar-refractivity contribution in [1.82, 2.24) is 20.0 Å². The largest absolute Gasteiger partial charge is 0.444 e. The van der Waals surface area contributed by atoms with Gasteiger partial charge >= 0.3 is 6.09 Å². The molecule has 4 heterocycles. The molecule has 5 rings (SSSR count). The van der Waals surface area contributed by atoms with Crippen LogP contribution in [0.5, 0.6) is 0 Å². The van der Waals surface area contributed by atoms with E-state index in [9.17, 15) is 24.0 Å². The number of hydrogen-bond acceptors (Lipinski definition) is 6. The van der Waals surface area contributed by atoms with Gasteiger partial charge < -0.3 is 19.4 Å². The van der Waals surface area contributed by atoms with Crippen molar-refractivity contribution >= 4 is 29.7 Å². The number of imide groups is 1. The number of likely N-dealkylation sites (tertiary alicyclic amines) is 2. The maximum atomic E-state index is 13.2. The zero-order valence-electron chi connectivity index (χ0n) is 21.0. The zero-order valence-corrected chi connectivity index (χ0v) is 21.0.